The van der Waals surface area contributed by atoms with Crippen molar-refractivity contribution in [2.24, 2.45) is 0 Å². The maximum atomic E-state index is 11.8. The Morgan fingerprint density at radius 2 is 1.91 bits per heavy atom. The van der Waals surface area contributed by atoms with E-state index in [2.05, 4.69) is 24.5 Å². The molecule has 0 saturated heterocycles. The van der Waals surface area contributed by atoms with Gasteiger partial charge in [-0.2, -0.15) is 0 Å². The quantitative estimate of drug-likeness (QED) is 0.811. The van der Waals surface area contributed by atoms with Crippen LogP contribution in [0.2, 0.25) is 0 Å². The number of likely N-dealkylation sites (N-methyl/N-ethyl adjacent to an activating group) is 1. The molecule has 5 heteroatoms. The van der Waals surface area contributed by atoms with E-state index in [1.807, 2.05) is 32.0 Å². The summed E-state index contributed by atoms with van der Waals surface area (Å²) in [5, 5.41) is 5.26. The molecule has 2 amide bonds. The molecule has 0 spiro atoms. The summed E-state index contributed by atoms with van der Waals surface area (Å²) in [5.41, 5.74) is 2.41. The summed E-state index contributed by atoms with van der Waals surface area (Å²) in [6.45, 7) is 10.2. The molecule has 0 fully saturated rings. The second-order valence-electron chi connectivity index (χ2n) is 5.65. The van der Waals surface area contributed by atoms with Crippen molar-refractivity contribution in [3.8, 4) is 5.75 Å². The number of rotatable bonds is 7. The van der Waals surface area contributed by atoms with E-state index >= 15 is 0 Å². The van der Waals surface area contributed by atoms with Gasteiger partial charge >= 0.3 is 0 Å². The first-order chi connectivity index (χ1) is 10.3. The van der Waals surface area contributed by atoms with Gasteiger partial charge in [0.2, 0.25) is 5.91 Å². The van der Waals surface area contributed by atoms with Crippen LogP contribution in [0.25, 0.3) is 0 Å². The van der Waals surface area contributed by atoms with Crippen LogP contribution in [0.15, 0.2) is 18.2 Å². The third-order valence-electron chi connectivity index (χ3n) is 3.35. The Balaban J connectivity index is 2.51. The molecule has 0 saturated carbocycles. The van der Waals surface area contributed by atoms with Crippen LogP contribution in [0.1, 0.15) is 44.7 Å². The zero-order valence-corrected chi connectivity index (χ0v) is 14.0. The van der Waals surface area contributed by atoms with Gasteiger partial charge in [0.05, 0.1) is 0 Å². The van der Waals surface area contributed by atoms with E-state index in [4.69, 9.17) is 4.74 Å². The fourth-order valence-electron chi connectivity index (χ4n) is 2.21. The van der Waals surface area contributed by atoms with Crippen molar-refractivity contribution < 1.29 is 14.3 Å². The van der Waals surface area contributed by atoms with Crippen molar-refractivity contribution in [3.05, 3.63) is 29.3 Å². The summed E-state index contributed by atoms with van der Waals surface area (Å²) in [6.07, 6.45) is 0. The molecule has 1 rings (SSSR count). The minimum absolute atomic E-state index is 0.107. The standard InChI is InChI=1S/C17H26N2O3/c1-6-18-17(21)13(5)19-16(20)10-22-14-7-8-15(11(2)3)12(4)9-14/h7-9,11,13H,6,10H2,1-5H3,(H,18,21)(H,19,20)/t13-/m1/s1. The van der Waals surface area contributed by atoms with Crippen molar-refractivity contribution in [2.45, 2.75) is 46.6 Å². The highest BCUT2D eigenvalue weighted by Crippen LogP contribution is 2.23. The van der Waals surface area contributed by atoms with Gasteiger partial charge in [-0.3, -0.25) is 9.59 Å². The van der Waals surface area contributed by atoms with Gasteiger partial charge in [0.25, 0.3) is 5.91 Å². The average Bonchev–Trinajstić information content (AvgIpc) is 2.45. The van der Waals surface area contributed by atoms with Crippen molar-refractivity contribution in [1.29, 1.82) is 0 Å². The number of aryl methyl sites for hydroxylation is 1. The number of hydrogen-bond donors (Lipinski definition) is 2. The lowest BCUT2D eigenvalue weighted by molar-refractivity contribution is -0.129. The van der Waals surface area contributed by atoms with Gasteiger partial charge in [-0.15, -0.1) is 0 Å². The van der Waals surface area contributed by atoms with Gasteiger partial charge in [0.15, 0.2) is 6.61 Å². The molecule has 0 aliphatic rings. The molecule has 122 valence electrons. The maximum Gasteiger partial charge on any atom is 0.258 e. The summed E-state index contributed by atoms with van der Waals surface area (Å²) in [4.78, 5) is 23.3. The monoisotopic (exact) mass is 306 g/mol. The summed E-state index contributed by atoms with van der Waals surface area (Å²) in [6, 6.07) is 5.24. The second-order valence-corrected chi connectivity index (χ2v) is 5.65. The van der Waals surface area contributed by atoms with E-state index in [-0.39, 0.29) is 18.4 Å². The van der Waals surface area contributed by atoms with Crippen LogP contribution in [-0.2, 0) is 9.59 Å². The predicted octanol–water partition coefficient (Wildman–Crippen LogP) is 2.14. The van der Waals surface area contributed by atoms with Gasteiger partial charge in [-0.25, -0.2) is 0 Å². The Morgan fingerprint density at radius 1 is 1.23 bits per heavy atom. The summed E-state index contributed by atoms with van der Waals surface area (Å²) < 4.78 is 5.48. The number of carbonyl (C=O) groups is 2. The van der Waals surface area contributed by atoms with Crippen molar-refractivity contribution >= 4 is 11.8 Å². The molecule has 0 unspecified atom stereocenters. The van der Waals surface area contributed by atoms with Gasteiger partial charge in [0, 0.05) is 6.54 Å². The fourth-order valence-corrected chi connectivity index (χ4v) is 2.21. The van der Waals surface area contributed by atoms with Crippen molar-refractivity contribution in [3.63, 3.8) is 0 Å². The Bertz CT molecular complexity index is 527. The third kappa shape index (κ3) is 5.39. The van der Waals surface area contributed by atoms with Gasteiger partial charge in [-0.05, 0) is 49.9 Å². The van der Waals surface area contributed by atoms with E-state index in [1.54, 1.807) is 6.92 Å². The van der Waals surface area contributed by atoms with Gasteiger partial charge in [0.1, 0.15) is 11.8 Å². The van der Waals surface area contributed by atoms with Crippen LogP contribution in [0.5, 0.6) is 5.75 Å². The fraction of sp³-hybridized carbons (Fsp3) is 0.529. The van der Waals surface area contributed by atoms with Gasteiger partial charge < -0.3 is 15.4 Å². The highest BCUT2D eigenvalue weighted by atomic mass is 16.5. The molecule has 5 nitrogen and oxygen atoms in total. The lowest BCUT2D eigenvalue weighted by atomic mass is 9.98. The predicted molar refractivity (Wildman–Crippen MR) is 87.1 cm³/mol. The van der Waals surface area contributed by atoms with Crippen LogP contribution in [0.4, 0.5) is 0 Å². The summed E-state index contributed by atoms with van der Waals surface area (Å²) in [7, 11) is 0. The molecule has 0 radical (unpaired) electrons. The Morgan fingerprint density at radius 3 is 2.45 bits per heavy atom. The Kier molecular flexibility index (Phi) is 6.89. The molecular weight excluding hydrogens is 280 g/mol. The molecule has 0 aliphatic heterocycles. The zero-order chi connectivity index (χ0) is 16.7. The van der Waals surface area contributed by atoms with Crippen molar-refractivity contribution in [1.82, 2.24) is 10.6 Å². The summed E-state index contributed by atoms with van der Waals surface area (Å²) >= 11 is 0. The van der Waals surface area contributed by atoms with Crippen LogP contribution < -0.4 is 15.4 Å². The number of ether oxygens (including phenoxy) is 1. The van der Waals surface area contributed by atoms with Crippen LogP contribution in [-0.4, -0.2) is 31.0 Å². The minimum Gasteiger partial charge on any atom is -0.484 e. The zero-order valence-electron chi connectivity index (χ0n) is 14.0. The molecule has 22 heavy (non-hydrogen) atoms. The lowest BCUT2D eigenvalue weighted by Crippen LogP contribution is -2.46. The first-order valence-corrected chi connectivity index (χ1v) is 7.65. The van der Waals surface area contributed by atoms with Gasteiger partial charge in [-0.1, -0.05) is 19.9 Å². The Hall–Kier alpha value is -2.04. The van der Waals surface area contributed by atoms with Crippen LogP contribution >= 0.6 is 0 Å². The first-order valence-electron chi connectivity index (χ1n) is 7.65. The van der Waals surface area contributed by atoms with Crippen LogP contribution in [0, 0.1) is 6.92 Å². The molecule has 1 atom stereocenters. The largest absolute Gasteiger partial charge is 0.484 e. The number of nitrogens with one attached hydrogen (secondary N) is 2. The Labute approximate surface area is 132 Å². The number of carbonyl (C=O) groups excluding carboxylic acids is 2. The number of benzene rings is 1. The second kappa shape index (κ2) is 8.41. The maximum absolute atomic E-state index is 11.8. The molecule has 0 aliphatic carbocycles. The molecule has 0 aromatic heterocycles. The molecule has 0 bridgehead atoms. The lowest BCUT2D eigenvalue weighted by Gasteiger charge is -2.15. The SMILES string of the molecule is CCNC(=O)[C@@H](C)NC(=O)COc1ccc(C(C)C)c(C)c1. The highest BCUT2D eigenvalue weighted by Gasteiger charge is 2.15. The highest BCUT2D eigenvalue weighted by molar-refractivity contribution is 5.87. The van der Waals surface area contributed by atoms with E-state index in [0.717, 1.165) is 5.56 Å². The van der Waals surface area contributed by atoms with Crippen molar-refractivity contribution in [2.75, 3.05) is 13.2 Å². The third-order valence-corrected chi connectivity index (χ3v) is 3.35. The van der Waals surface area contributed by atoms with E-state index in [9.17, 15) is 9.59 Å². The van der Waals surface area contributed by atoms with Crippen LogP contribution in [0.3, 0.4) is 0 Å². The number of amides is 2. The molecule has 0 heterocycles. The minimum atomic E-state index is -0.568. The first kappa shape index (κ1) is 18.0. The smallest absolute Gasteiger partial charge is 0.258 e. The topological polar surface area (TPSA) is 67.4 Å². The molecule has 2 N–H and O–H groups in total. The van der Waals surface area contributed by atoms with E-state index in [1.165, 1.54) is 5.56 Å². The average molecular weight is 306 g/mol. The van der Waals surface area contributed by atoms with E-state index < -0.39 is 6.04 Å². The molecular formula is C17H26N2O3. The summed E-state index contributed by atoms with van der Waals surface area (Å²) in [5.74, 6) is 0.593. The molecule has 1 aromatic carbocycles. The molecule has 1 aromatic rings. The van der Waals surface area contributed by atoms with E-state index in [0.29, 0.717) is 18.2 Å². The number of hydrogen-bond acceptors (Lipinski definition) is 3. The normalized spacial score (nSPS) is 11.9.